The molecule has 0 unspecified atom stereocenters. The van der Waals surface area contributed by atoms with E-state index in [1.165, 1.54) is 0 Å². The van der Waals surface area contributed by atoms with Crippen LogP contribution in [-0.4, -0.2) is 47.6 Å². The Kier molecular flexibility index (Phi) is 9.01. The van der Waals surface area contributed by atoms with E-state index in [1.54, 1.807) is 48.5 Å². The van der Waals surface area contributed by atoms with Crippen LogP contribution in [0.3, 0.4) is 0 Å². The lowest BCUT2D eigenvalue weighted by atomic mass is 10.2. The number of hydrogen-bond acceptors (Lipinski definition) is 7. The quantitative estimate of drug-likeness (QED) is 0.341. The van der Waals surface area contributed by atoms with Crippen LogP contribution >= 0.6 is 11.8 Å². The Balaban J connectivity index is 1.40. The maximum absolute atomic E-state index is 12.9. The first-order valence-corrected chi connectivity index (χ1v) is 13.0. The summed E-state index contributed by atoms with van der Waals surface area (Å²) in [7, 11) is 0. The summed E-state index contributed by atoms with van der Waals surface area (Å²) in [5.74, 6) is -0.611. The molecule has 1 heterocycles. The Bertz CT molecular complexity index is 1410. The van der Waals surface area contributed by atoms with E-state index in [-0.39, 0.29) is 17.4 Å². The molecule has 0 bridgehead atoms. The van der Waals surface area contributed by atoms with Crippen molar-refractivity contribution in [2.45, 2.75) is 13.8 Å². The number of nitrogens with one attached hydrogen (secondary N) is 2. The fourth-order valence-corrected chi connectivity index (χ4v) is 4.47. The maximum atomic E-state index is 12.9. The average Bonchev–Trinajstić information content (AvgIpc) is 3.17. The van der Waals surface area contributed by atoms with E-state index in [4.69, 9.17) is 9.47 Å². The van der Waals surface area contributed by atoms with Crippen molar-refractivity contribution in [1.29, 1.82) is 0 Å². The number of amides is 4. The second-order valence-corrected chi connectivity index (χ2v) is 9.52. The van der Waals surface area contributed by atoms with Gasteiger partial charge in [-0.15, -0.1) is 0 Å². The summed E-state index contributed by atoms with van der Waals surface area (Å²) in [6, 6.07) is 21.2. The monoisotopic (exact) mass is 545 g/mol. The molecule has 1 fully saturated rings. The lowest BCUT2D eigenvalue weighted by Crippen LogP contribution is -2.36. The molecule has 10 heteroatoms. The number of anilines is 2. The predicted octanol–water partition coefficient (Wildman–Crippen LogP) is 5.09. The molecule has 9 nitrogen and oxygen atoms in total. The number of para-hydroxylation sites is 1. The second kappa shape index (κ2) is 12.8. The number of hydrogen-bond donors (Lipinski definition) is 2. The third kappa shape index (κ3) is 7.48. The molecular formula is C29H27N3O6S. The number of aryl methyl sites for hydroxylation is 1. The largest absolute Gasteiger partial charge is 0.490 e. The summed E-state index contributed by atoms with van der Waals surface area (Å²) in [5, 5.41) is 4.91. The first-order chi connectivity index (χ1) is 18.8. The smallest absolute Gasteiger partial charge is 0.294 e. The molecule has 200 valence electrons. The van der Waals surface area contributed by atoms with Gasteiger partial charge in [-0.2, -0.15) is 0 Å². The van der Waals surface area contributed by atoms with Gasteiger partial charge in [-0.25, -0.2) is 0 Å². The number of carbonyl (C=O) groups is 4. The van der Waals surface area contributed by atoms with Crippen LogP contribution in [0.15, 0.2) is 77.7 Å². The van der Waals surface area contributed by atoms with Gasteiger partial charge in [-0.05, 0) is 73.6 Å². The average molecular weight is 546 g/mol. The van der Waals surface area contributed by atoms with Crippen LogP contribution in [-0.2, 0) is 14.4 Å². The van der Waals surface area contributed by atoms with Crippen LogP contribution in [0.1, 0.15) is 18.1 Å². The molecule has 1 aliphatic heterocycles. The van der Waals surface area contributed by atoms with E-state index in [1.807, 2.05) is 44.2 Å². The van der Waals surface area contributed by atoms with Crippen LogP contribution in [0.2, 0.25) is 0 Å². The van der Waals surface area contributed by atoms with Gasteiger partial charge in [-0.1, -0.05) is 42.0 Å². The van der Waals surface area contributed by atoms with E-state index in [0.29, 0.717) is 35.0 Å². The van der Waals surface area contributed by atoms with Gasteiger partial charge < -0.3 is 20.1 Å². The van der Waals surface area contributed by atoms with Crippen molar-refractivity contribution in [1.82, 2.24) is 4.90 Å². The first kappa shape index (κ1) is 27.5. The molecule has 1 aliphatic rings. The second-order valence-electron chi connectivity index (χ2n) is 8.52. The van der Waals surface area contributed by atoms with Gasteiger partial charge >= 0.3 is 0 Å². The van der Waals surface area contributed by atoms with Gasteiger partial charge in [0, 0.05) is 11.4 Å². The SMILES string of the molecule is CCOc1cc(/C=C2\SC(=O)N(CC(=O)Nc3ccccc3)C2=O)ccc1OCC(=O)Nc1ccc(C)cc1. The van der Waals surface area contributed by atoms with E-state index in [0.717, 1.165) is 22.2 Å². The molecule has 39 heavy (non-hydrogen) atoms. The van der Waals surface area contributed by atoms with Crippen molar-refractivity contribution >= 4 is 52.2 Å². The van der Waals surface area contributed by atoms with Crippen LogP contribution < -0.4 is 20.1 Å². The van der Waals surface area contributed by atoms with Crippen LogP contribution in [0.5, 0.6) is 11.5 Å². The van der Waals surface area contributed by atoms with Gasteiger partial charge in [0.1, 0.15) is 6.54 Å². The van der Waals surface area contributed by atoms with Crippen LogP contribution in [0, 0.1) is 6.92 Å². The Morgan fingerprint density at radius 2 is 1.56 bits per heavy atom. The molecule has 1 saturated heterocycles. The van der Waals surface area contributed by atoms with Crippen molar-refractivity contribution in [2.24, 2.45) is 0 Å². The van der Waals surface area contributed by atoms with Crippen molar-refractivity contribution in [3.8, 4) is 11.5 Å². The Morgan fingerprint density at radius 1 is 0.872 bits per heavy atom. The highest BCUT2D eigenvalue weighted by atomic mass is 32.2. The fourth-order valence-electron chi connectivity index (χ4n) is 3.63. The molecular weight excluding hydrogens is 518 g/mol. The number of rotatable bonds is 10. The predicted molar refractivity (Wildman–Crippen MR) is 151 cm³/mol. The molecule has 4 rings (SSSR count). The third-order valence-electron chi connectivity index (χ3n) is 5.49. The molecule has 3 aromatic carbocycles. The van der Waals surface area contributed by atoms with Crippen molar-refractivity contribution in [2.75, 3.05) is 30.4 Å². The number of thioether (sulfide) groups is 1. The summed E-state index contributed by atoms with van der Waals surface area (Å²) < 4.78 is 11.4. The molecule has 0 spiro atoms. The molecule has 0 atom stereocenters. The Morgan fingerprint density at radius 3 is 2.28 bits per heavy atom. The number of imide groups is 1. The summed E-state index contributed by atoms with van der Waals surface area (Å²) in [5.41, 5.74) is 2.92. The fraction of sp³-hybridized carbons (Fsp3) is 0.172. The molecule has 2 N–H and O–H groups in total. The molecule has 0 saturated carbocycles. The summed E-state index contributed by atoms with van der Waals surface area (Å²) >= 11 is 0.758. The normalized spacial score (nSPS) is 13.9. The highest BCUT2D eigenvalue weighted by Crippen LogP contribution is 2.34. The standard InChI is InChI=1S/C29H27N3O6S/c1-3-37-24-15-20(11-14-23(24)38-18-27(34)31-22-12-9-19(2)10-13-22)16-25-28(35)32(29(36)39-25)17-26(33)30-21-7-5-4-6-8-21/h4-16H,3,17-18H2,1-2H3,(H,30,33)(H,31,34)/b25-16-. The van der Waals surface area contributed by atoms with Crippen molar-refractivity contribution < 1.29 is 28.7 Å². The number of nitrogens with zero attached hydrogens (tertiary/aromatic N) is 1. The van der Waals surface area contributed by atoms with Gasteiger partial charge in [0.15, 0.2) is 18.1 Å². The zero-order valence-electron chi connectivity index (χ0n) is 21.4. The lowest BCUT2D eigenvalue weighted by Gasteiger charge is -2.13. The summed E-state index contributed by atoms with van der Waals surface area (Å²) in [6.45, 7) is 3.51. The zero-order chi connectivity index (χ0) is 27.8. The minimum absolute atomic E-state index is 0.182. The lowest BCUT2D eigenvalue weighted by molar-refractivity contribution is -0.127. The third-order valence-corrected chi connectivity index (χ3v) is 6.40. The van der Waals surface area contributed by atoms with E-state index in [2.05, 4.69) is 10.6 Å². The van der Waals surface area contributed by atoms with Crippen LogP contribution in [0.4, 0.5) is 16.2 Å². The van der Waals surface area contributed by atoms with Gasteiger partial charge in [0.05, 0.1) is 11.5 Å². The van der Waals surface area contributed by atoms with E-state index < -0.39 is 23.6 Å². The number of carbonyl (C=O) groups excluding carboxylic acids is 4. The minimum atomic E-state index is -0.556. The first-order valence-electron chi connectivity index (χ1n) is 12.2. The van der Waals surface area contributed by atoms with Crippen molar-refractivity contribution in [3.63, 3.8) is 0 Å². The Hall–Kier alpha value is -4.57. The van der Waals surface area contributed by atoms with E-state index in [9.17, 15) is 19.2 Å². The molecule has 4 amide bonds. The van der Waals surface area contributed by atoms with E-state index >= 15 is 0 Å². The molecule has 0 aliphatic carbocycles. The Labute approximate surface area is 230 Å². The molecule has 0 radical (unpaired) electrons. The number of ether oxygens (including phenoxy) is 2. The molecule has 3 aromatic rings. The van der Waals surface area contributed by atoms with Crippen LogP contribution in [0.25, 0.3) is 6.08 Å². The summed E-state index contributed by atoms with van der Waals surface area (Å²) in [4.78, 5) is 51.1. The van der Waals surface area contributed by atoms with Gasteiger partial charge in [-0.3, -0.25) is 24.1 Å². The zero-order valence-corrected chi connectivity index (χ0v) is 22.2. The minimum Gasteiger partial charge on any atom is -0.490 e. The van der Waals surface area contributed by atoms with Crippen molar-refractivity contribution in [3.05, 3.63) is 88.8 Å². The summed E-state index contributed by atoms with van der Waals surface area (Å²) in [6.07, 6.45) is 1.55. The molecule has 0 aromatic heterocycles. The highest BCUT2D eigenvalue weighted by molar-refractivity contribution is 8.18. The van der Waals surface area contributed by atoms with Gasteiger partial charge in [0.2, 0.25) is 5.91 Å². The number of benzene rings is 3. The highest BCUT2D eigenvalue weighted by Gasteiger charge is 2.36. The van der Waals surface area contributed by atoms with Gasteiger partial charge in [0.25, 0.3) is 17.1 Å². The maximum Gasteiger partial charge on any atom is 0.294 e. The topological polar surface area (TPSA) is 114 Å².